The number of halogens is 2. The van der Waals surface area contributed by atoms with Crippen molar-refractivity contribution < 1.29 is 18.7 Å². The monoisotopic (exact) mass is 347 g/mol. The third-order valence-corrected chi connectivity index (χ3v) is 4.28. The Hall–Kier alpha value is -2.27. The maximum atomic E-state index is 13.2. The molecular weight excluding hydrogens is 324 g/mol. The summed E-state index contributed by atoms with van der Waals surface area (Å²) in [4.78, 5) is 12.6. The minimum atomic E-state index is -0.803. The first-order valence-electron chi connectivity index (χ1n) is 8.37. The van der Waals surface area contributed by atoms with Gasteiger partial charge in [-0.15, -0.1) is 0 Å². The molecule has 0 aliphatic heterocycles. The number of rotatable bonds is 9. The molecule has 1 N–H and O–H groups in total. The van der Waals surface area contributed by atoms with Gasteiger partial charge in [0.25, 0.3) is 0 Å². The fourth-order valence-electron chi connectivity index (χ4n) is 2.88. The minimum Gasteiger partial charge on any atom is -0.481 e. The molecule has 0 saturated heterocycles. The predicted octanol–water partition coefficient (Wildman–Crippen LogP) is 4.28. The smallest absolute Gasteiger partial charge is 0.304 e. The summed E-state index contributed by atoms with van der Waals surface area (Å²) in [5, 5.41) is 8.73. The van der Waals surface area contributed by atoms with Crippen LogP contribution in [0.4, 0.5) is 8.78 Å². The van der Waals surface area contributed by atoms with Crippen LogP contribution in [0.3, 0.4) is 0 Å². The van der Waals surface area contributed by atoms with Gasteiger partial charge in [0, 0.05) is 12.5 Å². The zero-order chi connectivity index (χ0) is 18.2. The van der Waals surface area contributed by atoms with Gasteiger partial charge in [-0.05, 0) is 61.8 Å². The molecule has 0 unspecified atom stereocenters. The summed E-state index contributed by atoms with van der Waals surface area (Å²) in [6, 6.07) is 12.8. The van der Waals surface area contributed by atoms with Crippen molar-refractivity contribution in [2.75, 3.05) is 20.1 Å². The van der Waals surface area contributed by atoms with E-state index < -0.39 is 5.97 Å². The van der Waals surface area contributed by atoms with Crippen LogP contribution in [0.1, 0.15) is 36.3 Å². The number of carboxylic acid groups (broad SMARTS) is 1. The topological polar surface area (TPSA) is 40.5 Å². The first-order valence-corrected chi connectivity index (χ1v) is 8.37. The lowest BCUT2D eigenvalue weighted by Crippen LogP contribution is -2.23. The van der Waals surface area contributed by atoms with Crippen molar-refractivity contribution in [1.29, 1.82) is 0 Å². The van der Waals surface area contributed by atoms with E-state index in [2.05, 4.69) is 0 Å². The molecule has 0 aromatic heterocycles. The summed E-state index contributed by atoms with van der Waals surface area (Å²) >= 11 is 0. The maximum Gasteiger partial charge on any atom is 0.304 e. The van der Waals surface area contributed by atoms with Gasteiger partial charge in [0.15, 0.2) is 0 Å². The lowest BCUT2D eigenvalue weighted by molar-refractivity contribution is -0.137. The fraction of sp³-hybridized carbons (Fsp3) is 0.350. The maximum absolute atomic E-state index is 13.2. The van der Waals surface area contributed by atoms with Crippen LogP contribution in [-0.4, -0.2) is 36.1 Å². The van der Waals surface area contributed by atoms with Crippen molar-refractivity contribution >= 4 is 5.97 Å². The van der Waals surface area contributed by atoms with E-state index in [1.165, 1.54) is 24.3 Å². The van der Waals surface area contributed by atoms with Gasteiger partial charge in [0.2, 0.25) is 0 Å². The average Bonchev–Trinajstić information content (AvgIpc) is 2.59. The van der Waals surface area contributed by atoms with Crippen LogP contribution in [0, 0.1) is 11.6 Å². The van der Waals surface area contributed by atoms with E-state index in [4.69, 9.17) is 5.11 Å². The number of hydrogen-bond acceptors (Lipinski definition) is 2. The highest BCUT2D eigenvalue weighted by Crippen LogP contribution is 2.29. The van der Waals surface area contributed by atoms with E-state index in [1.54, 1.807) is 24.3 Å². The van der Waals surface area contributed by atoms with Gasteiger partial charge in [-0.2, -0.15) is 0 Å². The first kappa shape index (κ1) is 19.1. The number of carboxylic acids is 1. The first-order chi connectivity index (χ1) is 12.0. The van der Waals surface area contributed by atoms with Gasteiger partial charge in [-0.25, -0.2) is 8.78 Å². The average molecular weight is 347 g/mol. The van der Waals surface area contributed by atoms with Crippen LogP contribution < -0.4 is 0 Å². The van der Waals surface area contributed by atoms with Crippen LogP contribution in [0.15, 0.2) is 48.5 Å². The van der Waals surface area contributed by atoms with Crippen LogP contribution in [0.2, 0.25) is 0 Å². The molecule has 5 heteroatoms. The van der Waals surface area contributed by atoms with Gasteiger partial charge >= 0.3 is 5.97 Å². The van der Waals surface area contributed by atoms with Crippen molar-refractivity contribution in [3.8, 4) is 0 Å². The fourth-order valence-corrected chi connectivity index (χ4v) is 2.88. The van der Waals surface area contributed by atoms with E-state index in [0.29, 0.717) is 6.54 Å². The lowest BCUT2D eigenvalue weighted by atomic mass is 9.87. The molecule has 0 amide bonds. The van der Waals surface area contributed by atoms with Crippen molar-refractivity contribution in [3.63, 3.8) is 0 Å². The number of carbonyl (C=O) groups is 1. The van der Waals surface area contributed by atoms with Gasteiger partial charge in [0.05, 0.1) is 6.42 Å². The Balaban J connectivity index is 2.03. The predicted molar refractivity (Wildman–Crippen MR) is 93.6 cm³/mol. The van der Waals surface area contributed by atoms with E-state index >= 15 is 0 Å². The van der Waals surface area contributed by atoms with E-state index in [0.717, 1.165) is 30.5 Å². The molecule has 2 aromatic carbocycles. The molecule has 0 atom stereocenters. The lowest BCUT2D eigenvalue weighted by Gasteiger charge is -2.21. The van der Waals surface area contributed by atoms with Gasteiger partial charge < -0.3 is 10.0 Å². The largest absolute Gasteiger partial charge is 0.481 e. The zero-order valence-corrected chi connectivity index (χ0v) is 14.3. The molecule has 134 valence electrons. The summed E-state index contributed by atoms with van der Waals surface area (Å²) in [5.74, 6) is -1.32. The third-order valence-electron chi connectivity index (χ3n) is 4.28. The molecule has 25 heavy (non-hydrogen) atoms. The second-order valence-electron chi connectivity index (χ2n) is 6.24. The highest BCUT2D eigenvalue weighted by Gasteiger charge is 2.15. The van der Waals surface area contributed by atoms with Crippen LogP contribution in [-0.2, 0) is 4.79 Å². The van der Waals surface area contributed by atoms with Crippen molar-refractivity contribution in [2.24, 2.45) is 0 Å². The minimum absolute atomic E-state index is 0.0501. The molecule has 0 aliphatic rings. The molecule has 0 heterocycles. The second-order valence-corrected chi connectivity index (χ2v) is 6.24. The quantitative estimate of drug-likeness (QED) is 0.736. The highest BCUT2D eigenvalue weighted by atomic mass is 19.1. The van der Waals surface area contributed by atoms with E-state index in [9.17, 15) is 13.6 Å². The van der Waals surface area contributed by atoms with Crippen molar-refractivity contribution in [2.45, 2.75) is 25.2 Å². The molecule has 0 aliphatic carbocycles. The van der Waals surface area contributed by atoms with Crippen molar-refractivity contribution in [1.82, 2.24) is 4.90 Å². The zero-order valence-electron chi connectivity index (χ0n) is 14.3. The summed E-state index contributed by atoms with van der Waals surface area (Å²) in [5.41, 5.74) is 1.97. The van der Waals surface area contributed by atoms with Crippen LogP contribution in [0.25, 0.3) is 0 Å². The van der Waals surface area contributed by atoms with Crippen molar-refractivity contribution in [3.05, 3.63) is 71.3 Å². The summed E-state index contributed by atoms with van der Waals surface area (Å²) in [7, 11) is 1.90. The summed E-state index contributed by atoms with van der Waals surface area (Å²) < 4.78 is 26.4. The molecule has 0 bridgehead atoms. The number of hydrogen-bond donors (Lipinski definition) is 1. The number of nitrogens with zero attached hydrogens (tertiary/aromatic N) is 1. The standard InChI is InChI=1S/C20H23F2NO2/c1-23(14-12-20(24)25)13-2-3-19(15-4-8-17(21)9-5-15)16-6-10-18(22)11-7-16/h4-11,19H,2-3,12-14H2,1H3,(H,24,25). The Labute approximate surface area is 146 Å². The molecule has 0 saturated carbocycles. The SMILES string of the molecule is CN(CCCC(c1ccc(F)cc1)c1ccc(F)cc1)CCC(=O)O. The molecular formula is C20H23F2NO2. The highest BCUT2D eigenvalue weighted by molar-refractivity contribution is 5.66. The number of aliphatic carboxylic acids is 1. The molecule has 0 fully saturated rings. The van der Waals surface area contributed by atoms with Crippen LogP contribution in [0.5, 0.6) is 0 Å². The summed E-state index contributed by atoms with van der Waals surface area (Å²) in [6.45, 7) is 1.28. The Morgan fingerprint density at radius 3 is 1.88 bits per heavy atom. The van der Waals surface area contributed by atoms with E-state index in [-0.39, 0.29) is 24.0 Å². The normalized spacial score (nSPS) is 11.2. The van der Waals surface area contributed by atoms with Crippen LogP contribution >= 0.6 is 0 Å². The third kappa shape index (κ3) is 6.27. The van der Waals surface area contributed by atoms with E-state index in [1.807, 2.05) is 11.9 Å². The molecule has 0 radical (unpaired) electrons. The molecule has 0 spiro atoms. The van der Waals surface area contributed by atoms with Gasteiger partial charge in [-0.3, -0.25) is 4.79 Å². The Morgan fingerprint density at radius 2 is 1.44 bits per heavy atom. The van der Waals surface area contributed by atoms with Gasteiger partial charge in [0.1, 0.15) is 11.6 Å². The Kier molecular flexibility index (Phi) is 7.07. The summed E-state index contributed by atoms with van der Waals surface area (Å²) in [6.07, 6.45) is 1.79. The molecule has 3 nitrogen and oxygen atoms in total. The number of benzene rings is 2. The molecule has 2 aromatic rings. The Morgan fingerprint density at radius 1 is 0.960 bits per heavy atom. The second kappa shape index (κ2) is 9.28. The Bertz CT molecular complexity index is 626. The van der Waals surface area contributed by atoms with Gasteiger partial charge in [-0.1, -0.05) is 24.3 Å². The molecule has 2 rings (SSSR count).